The second kappa shape index (κ2) is 8.93. The van der Waals surface area contributed by atoms with Gasteiger partial charge in [0, 0.05) is 26.4 Å². The first-order valence-electron chi connectivity index (χ1n) is 8.26. The van der Waals surface area contributed by atoms with Crippen molar-refractivity contribution in [1.82, 2.24) is 25.1 Å². The maximum absolute atomic E-state index is 13.0. The molecule has 26 heavy (non-hydrogen) atoms. The highest BCUT2D eigenvalue weighted by Crippen LogP contribution is 2.20. The zero-order valence-corrected chi connectivity index (χ0v) is 15.1. The largest absolute Gasteiger partial charge is 0.497 e. The van der Waals surface area contributed by atoms with Crippen LogP contribution in [0.4, 0.5) is 0 Å². The first-order valence-corrected chi connectivity index (χ1v) is 8.26. The van der Waals surface area contributed by atoms with Crippen molar-refractivity contribution in [2.75, 3.05) is 20.7 Å². The molecule has 1 unspecified atom stereocenters. The Bertz CT molecular complexity index is 761. The number of tetrazole rings is 1. The minimum absolute atomic E-state index is 0.0160. The monoisotopic (exact) mass is 361 g/mol. The molecule has 0 saturated carbocycles. The van der Waals surface area contributed by atoms with Crippen molar-refractivity contribution in [3.8, 4) is 5.75 Å². The van der Waals surface area contributed by atoms with Crippen LogP contribution >= 0.6 is 0 Å². The number of nitrogens with zero attached hydrogens (tertiary/aromatic N) is 5. The molecule has 9 heteroatoms. The first kappa shape index (κ1) is 19.4. The molecule has 1 aromatic carbocycles. The van der Waals surface area contributed by atoms with Gasteiger partial charge in [-0.15, -0.1) is 5.10 Å². The van der Waals surface area contributed by atoms with Gasteiger partial charge in [0.1, 0.15) is 17.6 Å². The topological polar surface area (TPSA) is 110 Å². The number of aromatic nitrogens is 4. The number of carboxylic acid groups (broad SMARTS) is 1. The summed E-state index contributed by atoms with van der Waals surface area (Å²) in [5.41, 5.74) is 0.913. The Balaban J connectivity index is 2.19. The van der Waals surface area contributed by atoms with Gasteiger partial charge in [-0.3, -0.25) is 9.59 Å². The molecule has 0 spiro atoms. The van der Waals surface area contributed by atoms with Gasteiger partial charge >= 0.3 is 5.97 Å². The maximum atomic E-state index is 13.0. The number of benzene rings is 1. The summed E-state index contributed by atoms with van der Waals surface area (Å²) in [5, 5.41) is 20.2. The second-order valence-electron chi connectivity index (χ2n) is 6.00. The van der Waals surface area contributed by atoms with Crippen LogP contribution in [0.2, 0.25) is 0 Å². The zero-order chi connectivity index (χ0) is 19.1. The van der Waals surface area contributed by atoms with Gasteiger partial charge in [-0.2, -0.15) is 0 Å². The minimum atomic E-state index is -0.880. The van der Waals surface area contributed by atoms with Crippen molar-refractivity contribution < 1.29 is 19.4 Å². The normalized spacial score (nSPS) is 11.8. The summed E-state index contributed by atoms with van der Waals surface area (Å²) < 4.78 is 6.73. The standard InChI is InChI=1S/C17H23N5O4/c1-12-18-19-20-22(12)15(11-13-6-4-7-14(10-13)26-3)17(25)21(2)9-5-8-16(23)24/h4,6-7,10,15H,5,8-9,11H2,1-3H3,(H,23,24). The van der Waals surface area contributed by atoms with E-state index in [2.05, 4.69) is 15.5 Å². The van der Waals surface area contributed by atoms with Crippen LogP contribution in [0.25, 0.3) is 0 Å². The van der Waals surface area contributed by atoms with Crippen LogP contribution < -0.4 is 4.74 Å². The van der Waals surface area contributed by atoms with Gasteiger partial charge < -0.3 is 14.7 Å². The zero-order valence-electron chi connectivity index (χ0n) is 15.1. The summed E-state index contributed by atoms with van der Waals surface area (Å²) in [4.78, 5) is 25.2. The van der Waals surface area contributed by atoms with Crippen LogP contribution in [-0.4, -0.2) is 62.8 Å². The Labute approximate surface area is 151 Å². The van der Waals surface area contributed by atoms with E-state index in [4.69, 9.17) is 9.84 Å². The van der Waals surface area contributed by atoms with E-state index in [1.54, 1.807) is 21.1 Å². The molecular weight excluding hydrogens is 338 g/mol. The van der Waals surface area contributed by atoms with Crippen LogP contribution in [0.5, 0.6) is 5.75 Å². The summed E-state index contributed by atoms with van der Waals surface area (Å²) in [6, 6.07) is 6.85. The Morgan fingerprint density at radius 2 is 2.15 bits per heavy atom. The minimum Gasteiger partial charge on any atom is -0.497 e. The van der Waals surface area contributed by atoms with Gasteiger partial charge in [-0.25, -0.2) is 4.68 Å². The molecule has 0 fully saturated rings. The lowest BCUT2D eigenvalue weighted by Crippen LogP contribution is -2.37. The Hall–Kier alpha value is -2.97. The third-order valence-electron chi connectivity index (χ3n) is 4.06. The molecule has 0 aliphatic rings. The number of aliphatic carboxylic acids is 1. The Morgan fingerprint density at radius 1 is 1.38 bits per heavy atom. The van der Waals surface area contributed by atoms with Gasteiger partial charge in [0.2, 0.25) is 5.91 Å². The SMILES string of the molecule is COc1cccc(CC(C(=O)N(C)CCCC(=O)O)n2nnnc2C)c1. The van der Waals surface area contributed by atoms with Crippen LogP contribution in [0.3, 0.4) is 0 Å². The third-order valence-corrected chi connectivity index (χ3v) is 4.06. The summed E-state index contributed by atoms with van der Waals surface area (Å²) in [7, 11) is 3.24. The van der Waals surface area contributed by atoms with Gasteiger partial charge in [-0.05, 0) is 41.5 Å². The van der Waals surface area contributed by atoms with Crippen LogP contribution in [0.1, 0.15) is 30.3 Å². The molecule has 2 aromatic rings. The van der Waals surface area contributed by atoms with Crippen molar-refractivity contribution >= 4 is 11.9 Å². The number of rotatable bonds is 9. The molecule has 0 radical (unpaired) electrons. The maximum Gasteiger partial charge on any atom is 0.303 e. The number of carbonyl (C=O) groups is 2. The number of hydrogen-bond donors (Lipinski definition) is 1. The molecule has 1 atom stereocenters. The Kier molecular flexibility index (Phi) is 6.65. The number of methoxy groups -OCH3 is 1. The summed E-state index contributed by atoms with van der Waals surface area (Å²) >= 11 is 0. The van der Waals surface area contributed by atoms with E-state index in [1.807, 2.05) is 24.3 Å². The molecular formula is C17H23N5O4. The van der Waals surface area contributed by atoms with Crippen molar-refractivity contribution in [1.29, 1.82) is 0 Å². The van der Waals surface area contributed by atoms with Gasteiger partial charge in [0.15, 0.2) is 0 Å². The van der Waals surface area contributed by atoms with Gasteiger partial charge in [-0.1, -0.05) is 12.1 Å². The van der Waals surface area contributed by atoms with E-state index in [0.717, 1.165) is 5.56 Å². The molecule has 0 aliphatic carbocycles. The van der Waals surface area contributed by atoms with Gasteiger partial charge in [0.05, 0.1) is 7.11 Å². The molecule has 140 valence electrons. The fourth-order valence-electron chi connectivity index (χ4n) is 2.66. The fraction of sp³-hybridized carbons (Fsp3) is 0.471. The van der Waals surface area contributed by atoms with Gasteiger partial charge in [0.25, 0.3) is 0 Å². The lowest BCUT2D eigenvalue weighted by atomic mass is 10.0. The number of aryl methyl sites for hydroxylation is 1. The number of carbonyl (C=O) groups excluding carboxylic acids is 1. The number of hydrogen-bond acceptors (Lipinski definition) is 6. The third kappa shape index (κ3) is 5.01. The molecule has 1 N–H and O–H groups in total. The van der Waals surface area contributed by atoms with Crippen LogP contribution in [0, 0.1) is 6.92 Å². The summed E-state index contributed by atoms with van der Waals surface area (Å²) in [6.07, 6.45) is 0.797. The fourth-order valence-corrected chi connectivity index (χ4v) is 2.66. The predicted octanol–water partition coefficient (Wildman–Crippen LogP) is 1.10. The molecule has 0 bridgehead atoms. The average molecular weight is 361 g/mol. The molecule has 2 rings (SSSR count). The quantitative estimate of drug-likeness (QED) is 0.712. The molecule has 0 aliphatic heterocycles. The first-order chi connectivity index (χ1) is 12.4. The Morgan fingerprint density at radius 3 is 2.77 bits per heavy atom. The highest BCUT2D eigenvalue weighted by Gasteiger charge is 2.27. The molecule has 0 saturated heterocycles. The molecule has 1 heterocycles. The lowest BCUT2D eigenvalue weighted by molar-refractivity contribution is -0.138. The van der Waals surface area contributed by atoms with Crippen molar-refractivity contribution in [2.24, 2.45) is 0 Å². The van der Waals surface area contributed by atoms with E-state index < -0.39 is 12.0 Å². The summed E-state index contributed by atoms with van der Waals surface area (Å²) in [5.74, 6) is 0.186. The van der Waals surface area contributed by atoms with Crippen LogP contribution in [-0.2, 0) is 16.0 Å². The number of amides is 1. The van der Waals surface area contributed by atoms with E-state index in [-0.39, 0.29) is 12.3 Å². The average Bonchev–Trinajstić information content (AvgIpc) is 3.04. The van der Waals surface area contributed by atoms with Crippen molar-refractivity contribution in [3.05, 3.63) is 35.7 Å². The number of ether oxygens (including phenoxy) is 1. The van der Waals surface area contributed by atoms with E-state index >= 15 is 0 Å². The molecule has 1 aromatic heterocycles. The highest BCUT2D eigenvalue weighted by atomic mass is 16.5. The number of likely N-dealkylation sites (N-methyl/N-ethyl adjacent to an activating group) is 1. The van der Waals surface area contributed by atoms with E-state index in [0.29, 0.717) is 31.0 Å². The van der Waals surface area contributed by atoms with E-state index in [9.17, 15) is 9.59 Å². The smallest absolute Gasteiger partial charge is 0.303 e. The molecule has 9 nitrogen and oxygen atoms in total. The molecule has 1 amide bonds. The second-order valence-corrected chi connectivity index (χ2v) is 6.00. The van der Waals surface area contributed by atoms with Crippen molar-refractivity contribution in [3.63, 3.8) is 0 Å². The van der Waals surface area contributed by atoms with E-state index in [1.165, 1.54) is 9.58 Å². The number of carboxylic acids is 1. The van der Waals surface area contributed by atoms with Crippen molar-refractivity contribution in [2.45, 2.75) is 32.2 Å². The predicted molar refractivity (Wildman–Crippen MR) is 92.8 cm³/mol. The lowest BCUT2D eigenvalue weighted by Gasteiger charge is -2.24. The van der Waals surface area contributed by atoms with Crippen LogP contribution in [0.15, 0.2) is 24.3 Å². The summed E-state index contributed by atoms with van der Waals surface area (Å²) in [6.45, 7) is 2.08. The highest BCUT2D eigenvalue weighted by molar-refractivity contribution is 5.80.